The number of hydrogen-bond acceptors (Lipinski definition) is 3. The largest absolute Gasteiger partial charge is 0.338 e. The molecule has 1 heterocycles. The third-order valence-electron chi connectivity index (χ3n) is 5.11. The van der Waals surface area contributed by atoms with E-state index < -0.39 is 5.92 Å². The smallest absolute Gasteiger partial charge is 0.269 e. The Kier molecular flexibility index (Phi) is 6.01. The van der Waals surface area contributed by atoms with Gasteiger partial charge in [0.15, 0.2) is 0 Å². The molecule has 3 amide bonds. The Labute approximate surface area is 171 Å². The first kappa shape index (κ1) is 20.6. The Morgan fingerprint density at radius 2 is 1.66 bits per heavy atom. The highest BCUT2D eigenvalue weighted by atomic mass is 16.2. The van der Waals surface area contributed by atoms with Crippen LogP contribution in [0.3, 0.4) is 0 Å². The number of carbonyl (C=O) groups excluding carboxylic acids is 3. The molecule has 0 aliphatic carbocycles. The van der Waals surface area contributed by atoms with Crippen LogP contribution in [0.5, 0.6) is 0 Å². The number of carbonyl (C=O) groups is 3. The molecule has 2 aromatic rings. The van der Waals surface area contributed by atoms with E-state index in [1.54, 1.807) is 17.0 Å². The summed E-state index contributed by atoms with van der Waals surface area (Å²) in [4.78, 5) is 38.6. The lowest BCUT2D eigenvalue weighted by molar-refractivity contribution is -0.129. The molecular weight excluding hydrogens is 366 g/mol. The van der Waals surface area contributed by atoms with Gasteiger partial charge >= 0.3 is 0 Å². The number of hydrogen-bond donors (Lipinski definition) is 2. The van der Waals surface area contributed by atoms with Gasteiger partial charge in [0, 0.05) is 25.1 Å². The minimum Gasteiger partial charge on any atom is -0.338 e. The van der Waals surface area contributed by atoms with Crippen LogP contribution in [0, 0.1) is 5.92 Å². The van der Waals surface area contributed by atoms with Crippen molar-refractivity contribution in [3.8, 4) is 0 Å². The van der Waals surface area contributed by atoms with Gasteiger partial charge in [-0.05, 0) is 28.7 Å². The topological polar surface area (TPSA) is 78.5 Å². The summed E-state index contributed by atoms with van der Waals surface area (Å²) in [6, 6.07) is 17.0. The second-order valence-electron chi connectivity index (χ2n) is 8.43. The Bertz CT molecular complexity index is 886. The van der Waals surface area contributed by atoms with Crippen molar-refractivity contribution in [3.63, 3.8) is 0 Å². The van der Waals surface area contributed by atoms with Crippen LogP contribution in [0.1, 0.15) is 48.7 Å². The van der Waals surface area contributed by atoms with Crippen LogP contribution in [-0.2, 0) is 21.5 Å². The van der Waals surface area contributed by atoms with Crippen LogP contribution in [0.15, 0.2) is 54.6 Å². The fourth-order valence-corrected chi connectivity index (χ4v) is 3.32. The van der Waals surface area contributed by atoms with Crippen molar-refractivity contribution in [1.29, 1.82) is 0 Å². The molecule has 1 atom stereocenters. The molecule has 1 unspecified atom stereocenters. The zero-order chi connectivity index (χ0) is 21.0. The van der Waals surface area contributed by atoms with Crippen molar-refractivity contribution in [2.24, 2.45) is 5.92 Å². The van der Waals surface area contributed by atoms with Gasteiger partial charge in [0.2, 0.25) is 11.8 Å². The van der Waals surface area contributed by atoms with Gasteiger partial charge in [0.25, 0.3) is 5.91 Å². The van der Waals surface area contributed by atoms with E-state index in [0.717, 1.165) is 11.1 Å². The molecule has 152 valence electrons. The summed E-state index contributed by atoms with van der Waals surface area (Å²) in [5, 5.41) is 0. The van der Waals surface area contributed by atoms with Gasteiger partial charge in [-0.15, -0.1) is 0 Å². The first-order chi connectivity index (χ1) is 13.7. The predicted molar refractivity (Wildman–Crippen MR) is 111 cm³/mol. The Morgan fingerprint density at radius 3 is 2.28 bits per heavy atom. The molecule has 29 heavy (non-hydrogen) atoms. The van der Waals surface area contributed by atoms with Crippen LogP contribution in [0.25, 0.3) is 0 Å². The fraction of sp³-hybridized carbons (Fsp3) is 0.348. The monoisotopic (exact) mass is 393 g/mol. The van der Waals surface area contributed by atoms with Gasteiger partial charge in [-0.1, -0.05) is 63.2 Å². The Balaban J connectivity index is 1.51. The number of nitrogens with zero attached hydrogens (tertiary/aromatic N) is 1. The number of rotatable bonds is 4. The molecule has 6 nitrogen and oxygen atoms in total. The van der Waals surface area contributed by atoms with Gasteiger partial charge in [-0.2, -0.15) is 0 Å². The van der Waals surface area contributed by atoms with E-state index in [1.807, 2.05) is 42.5 Å². The average Bonchev–Trinajstić information content (AvgIpc) is 3.06. The lowest BCUT2D eigenvalue weighted by atomic mass is 9.87. The minimum atomic E-state index is -0.477. The summed E-state index contributed by atoms with van der Waals surface area (Å²) in [5.74, 6) is -1.27. The SMILES string of the molecule is CC(C)(C)c1ccc(C(=O)NNC(=O)C2CC(=O)N(Cc3ccccc3)C2)cc1. The maximum Gasteiger partial charge on any atom is 0.269 e. The first-order valence-electron chi connectivity index (χ1n) is 9.76. The van der Waals surface area contributed by atoms with E-state index in [1.165, 1.54) is 0 Å². The predicted octanol–water partition coefficient (Wildman–Crippen LogP) is 2.79. The summed E-state index contributed by atoms with van der Waals surface area (Å²) in [6.07, 6.45) is 0.148. The van der Waals surface area contributed by atoms with E-state index in [9.17, 15) is 14.4 Å². The molecule has 0 spiro atoms. The molecule has 1 aliphatic rings. The van der Waals surface area contributed by atoms with Crippen molar-refractivity contribution in [3.05, 3.63) is 71.3 Å². The highest BCUT2D eigenvalue weighted by Gasteiger charge is 2.34. The molecule has 2 N–H and O–H groups in total. The third-order valence-corrected chi connectivity index (χ3v) is 5.11. The molecule has 0 bridgehead atoms. The summed E-state index contributed by atoms with van der Waals surface area (Å²) in [5.41, 5.74) is 7.52. The molecule has 2 aromatic carbocycles. The number of amides is 3. The van der Waals surface area contributed by atoms with Gasteiger partial charge < -0.3 is 4.90 Å². The molecule has 3 rings (SSSR count). The van der Waals surface area contributed by atoms with Crippen molar-refractivity contribution < 1.29 is 14.4 Å². The fourth-order valence-electron chi connectivity index (χ4n) is 3.32. The maximum absolute atomic E-state index is 12.4. The standard InChI is InChI=1S/C23H27N3O3/c1-23(2,3)19-11-9-17(10-12-19)21(28)24-25-22(29)18-13-20(27)26(15-18)14-16-7-5-4-6-8-16/h4-12,18H,13-15H2,1-3H3,(H,24,28)(H,25,29). The number of benzene rings is 2. The van der Waals surface area contributed by atoms with E-state index in [4.69, 9.17) is 0 Å². The van der Waals surface area contributed by atoms with Crippen LogP contribution in [0.2, 0.25) is 0 Å². The number of likely N-dealkylation sites (tertiary alicyclic amines) is 1. The minimum absolute atomic E-state index is 0.00383. The molecule has 1 aliphatic heterocycles. The second kappa shape index (κ2) is 8.47. The van der Waals surface area contributed by atoms with Gasteiger partial charge in [0.05, 0.1) is 5.92 Å². The Morgan fingerprint density at radius 1 is 1.00 bits per heavy atom. The average molecular weight is 393 g/mol. The van der Waals surface area contributed by atoms with E-state index in [0.29, 0.717) is 18.7 Å². The highest BCUT2D eigenvalue weighted by Crippen LogP contribution is 2.22. The summed E-state index contributed by atoms with van der Waals surface area (Å²) >= 11 is 0. The van der Waals surface area contributed by atoms with Gasteiger partial charge in [0.1, 0.15) is 0 Å². The molecule has 0 radical (unpaired) electrons. The van der Waals surface area contributed by atoms with Crippen LogP contribution in [0.4, 0.5) is 0 Å². The molecule has 0 saturated carbocycles. The van der Waals surface area contributed by atoms with Crippen LogP contribution in [-0.4, -0.2) is 29.2 Å². The van der Waals surface area contributed by atoms with Crippen LogP contribution < -0.4 is 10.9 Å². The summed E-state index contributed by atoms with van der Waals surface area (Å²) in [7, 11) is 0. The number of nitrogens with one attached hydrogen (secondary N) is 2. The zero-order valence-electron chi connectivity index (χ0n) is 17.1. The molecule has 0 aromatic heterocycles. The summed E-state index contributed by atoms with van der Waals surface area (Å²) < 4.78 is 0. The summed E-state index contributed by atoms with van der Waals surface area (Å²) in [6.45, 7) is 7.14. The molecule has 1 fully saturated rings. The lowest BCUT2D eigenvalue weighted by Crippen LogP contribution is -2.45. The number of hydrazine groups is 1. The highest BCUT2D eigenvalue weighted by molar-refractivity contribution is 5.96. The lowest BCUT2D eigenvalue weighted by Gasteiger charge is -2.19. The van der Waals surface area contributed by atoms with Crippen molar-refractivity contribution in [1.82, 2.24) is 15.8 Å². The van der Waals surface area contributed by atoms with Crippen molar-refractivity contribution in [2.45, 2.75) is 39.2 Å². The quantitative estimate of drug-likeness (QED) is 0.784. The first-order valence-corrected chi connectivity index (χ1v) is 9.76. The Hall–Kier alpha value is -3.15. The maximum atomic E-state index is 12.4. The molecular formula is C23H27N3O3. The van der Waals surface area contributed by atoms with Crippen molar-refractivity contribution in [2.75, 3.05) is 6.54 Å². The van der Waals surface area contributed by atoms with E-state index in [2.05, 4.69) is 31.6 Å². The second-order valence-corrected chi connectivity index (χ2v) is 8.43. The van der Waals surface area contributed by atoms with Crippen LogP contribution >= 0.6 is 0 Å². The van der Waals surface area contributed by atoms with E-state index >= 15 is 0 Å². The van der Waals surface area contributed by atoms with Crippen molar-refractivity contribution >= 4 is 17.7 Å². The zero-order valence-corrected chi connectivity index (χ0v) is 17.1. The van der Waals surface area contributed by atoms with E-state index in [-0.39, 0.29) is 29.6 Å². The normalized spacial score (nSPS) is 16.6. The van der Waals surface area contributed by atoms with Gasteiger partial charge in [-0.25, -0.2) is 0 Å². The molecule has 1 saturated heterocycles. The third kappa shape index (κ3) is 5.22. The van der Waals surface area contributed by atoms with Gasteiger partial charge in [-0.3, -0.25) is 25.2 Å². The molecule has 6 heteroatoms.